The number of thiazole rings is 1. The van der Waals surface area contributed by atoms with E-state index in [1.807, 2.05) is 67.8 Å². The van der Waals surface area contributed by atoms with Crippen LogP contribution in [0.25, 0.3) is 21.8 Å². The first-order valence-corrected chi connectivity index (χ1v) is 10.3. The topological polar surface area (TPSA) is 76.9 Å². The van der Waals surface area contributed by atoms with Crippen molar-refractivity contribution < 1.29 is 4.79 Å². The van der Waals surface area contributed by atoms with E-state index >= 15 is 0 Å². The fraction of sp³-hybridized carbons (Fsp3) is 0.130. The molecule has 0 radical (unpaired) electrons. The molecule has 1 N–H and O–H groups in total. The van der Waals surface area contributed by atoms with Crippen molar-refractivity contribution in [3.05, 3.63) is 87.9 Å². The summed E-state index contributed by atoms with van der Waals surface area (Å²) in [7, 11) is 0. The van der Waals surface area contributed by atoms with Gasteiger partial charge in [0.2, 0.25) is 5.91 Å². The average molecular weight is 417 g/mol. The normalized spacial score (nSPS) is 10.7. The van der Waals surface area contributed by atoms with Crippen LogP contribution in [0.15, 0.2) is 71.2 Å². The highest BCUT2D eigenvalue weighted by atomic mass is 32.1. The summed E-state index contributed by atoms with van der Waals surface area (Å²) >= 11 is 1.38. The minimum Gasteiger partial charge on any atom is -0.325 e. The SMILES string of the molecule is Cc1cc(C)cc(NC(=O)Cn2cncc(-c3nc(-c4ccccc4)cs3)c2=O)c1. The Bertz CT molecular complexity index is 1240. The molecule has 0 bridgehead atoms. The van der Waals surface area contributed by atoms with Crippen LogP contribution in [0.3, 0.4) is 0 Å². The van der Waals surface area contributed by atoms with E-state index in [4.69, 9.17) is 0 Å². The van der Waals surface area contributed by atoms with Crippen molar-refractivity contribution in [2.24, 2.45) is 0 Å². The third-order valence-corrected chi connectivity index (χ3v) is 5.40. The third kappa shape index (κ3) is 4.36. The van der Waals surface area contributed by atoms with Crippen LogP contribution in [0, 0.1) is 13.8 Å². The van der Waals surface area contributed by atoms with Crippen LogP contribution in [0.2, 0.25) is 0 Å². The maximum absolute atomic E-state index is 12.9. The Balaban J connectivity index is 1.55. The van der Waals surface area contributed by atoms with Crippen molar-refractivity contribution >= 4 is 22.9 Å². The molecule has 0 aliphatic heterocycles. The van der Waals surface area contributed by atoms with Gasteiger partial charge in [0.25, 0.3) is 5.56 Å². The summed E-state index contributed by atoms with van der Waals surface area (Å²) < 4.78 is 1.30. The molecule has 0 saturated heterocycles. The number of aromatic nitrogens is 3. The molecule has 0 spiro atoms. The van der Waals surface area contributed by atoms with Gasteiger partial charge < -0.3 is 5.32 Å². The molecular weight excluding hydrogens is 396 g/mol. The predicted molar refractivity (Wildman–Crippen MR) is 120 cm³/mol. The molecule has 0 aliphatic carbocycles. The molecule has 4 rings (SSSR count). The Morgan fingerprint density at radius 2 is 1.83 bits per heavy atom. The van der Waals surface area contributed by atoms with Crippen molar-refractivity contribution in [3.8, 4) is 21.8 Å². The number of hydrogen-bond acceptors (Lipinski definition) is 5. The van der Waals surface area contributed by atoms with E-state index in [9.17, 15) is 9.59 Å². The lowest BCUT2D eigenvalue weighted by Crippen LogP contribution is -2.28. The molecule has 0 fully saturated rings. The van der Waals surface area contributed by atoms with Gasteiger partial charge in [0.1, 0.15) is 11.6 Å². The number of anilines is 1. The first kappa shape index (κ1) is 19.7. The third-order valence-electron chi connectivity index (χ3n) is 4.52. The Hall–Kier alpha value is -3.58. The first-order chi connectivity index (χ1) is 14.5. The summed E-state index contributed by atoms with van der Waals surface area (Å²) in [6, 6.07) is 15.6. The second kappa shape index (κ2) is 8.42. The molecule has 6 nitrogen and oxygen atoms in total. The lowest BCUT2D eigenvalue weighted by atomic mass is 10.1. The van der Waals surface area contributed by atoms with Gasteiger partial charge in [-0.05, 0) is 37.1 Å². The Morgan fingerprint density at radius 1 is 1.10 bits per heavy atom. The van der Waals surface area contributed by atoms with Gasteiger partial charge in [-0.15, -0.1) is 11.3 Å². The maximum Gasteiger partial charge on any atom is 0.264 e. The van der Waals surface area contributed by atoms with Crippen LogP contribution >= 0.6 is 11.3 Å². The van der Waals surface area contributed by atoms with Crippen molar-refractivity contribution in [3.63, 3.8) is 0 Å². The zero-order valence-electron chi connectivity index (χ0n) is 16.6. The summed E-state index contributed by atoms with van der Waals surface area (Å²) in [4.78, 5) is 34.1. The molecule has 0 aliphatic rings. The van der Waals surface area contributed by atoms with Gasteiger partial charge in [0, 0.05) is 22.8 Å². The van der Waals surface area contributed by atoms with E-state index in [0.717, 1.165) is 22.4 Å². The summed E-state index contributed by atoms with van der Waals surface area (Å²) in [6.07, 6.45) is 2.87. The van der Waals surface area contributed by atoms with Gasteiger partial charge in [0.05, 0.1) is 17.6 Å². The fourth-order valence-electron chi connectivity index (χ4n) is 3.25. The summed E-state index contributed by atoms with van der Waals surface area (Å²) in [5, 5.41) is 5.33. The van der Waals surface area contributed by atoms with E-state index in [1.165, 1.54) is 28.4 Å². The monoisotopic (exact) mass is 416 g/mol. The fourth-order valence-corrected chi connectivity index (χ4v) is 4.08. The van der Waals surface area contributed by atoms with Crippen LogP contribution in [-0.4, -0.2) is 20.4 Å². The minimum atomic E-state index is -0.297. The van der Waals surface area contributed by atoms with Gasteiger partial charge in [-0.25, -0.2) is 9.97 Å². The number of carbonyl (C=O) groups is 1. The molecule has 2 aromatic carbocycles. The van der Waals surface area contributed by atoms with E-state index in [-0.39, 0.29) is 18.0 Å². The smallest absolute Gasteiger partial charge is 0.264 e. The quantitative estimate of drug-likeness (QED) is 0.527. The van der Waals surface area contributed by atoms with Crippen LogP contribution in [0.1, 0.15) is 11.1 Å². The molecule has 0 atom stereocenters. The highest BCUT2D eigenvalue weighted by molar-refractivity contribution is 7.13. The number of aryl methyl sites for hydroxylation is 2. The van der Waals surface area contributed by atoms with E-state index in [1.54, 1.807) is 0 Å². The lowest BCUT2D eigenvalue weighted by Gasteiger charge is -2.09. The number of nitrogens with one attached hydrogen (secondary N) is 1. The molecule has 2 aromatic heterocycles. The van der Waals surface area contributed by atoms with Gasteiger partial charge >= 0.3 is 0 Å². The minimum absolute atomic E-state index is 0.121. The number of benzene rings is 2. The Morgan fingerprint density at radius 3 is 2.57 bits per heavy atom. The number of rotatable bonds is 5. The number of carbonyl (C=O) groups excluding carboxylic acids is 1. The molecule has 7 heteroatoms. The highest BCUT2D eigenvalue weighted by Crippen LogP contribution is 2.26. The number of hydrogen-bond donors (Lipinski definition) is 1. The maximum atomic E-state index is 12.9. The van der Waals surface area contributed by atoms with Gasteiger partial charge in [-0.2, -0.15) is 0 Å². The highest BCUT2D eigenvalue weighted by Gasteiger charge is 2.14. The largest absolute Gasteiger partial charge is 0.325 e. The zero-order chi connectivity index (χ0) is 21.1. The lowest BCUT2D eigenvalue weighted by molar-refractivity contribution is -0.116. The molecule has 4 aromatic rings. The molecule has 0 saturated carbocycles. The average Bonchev–Trinajstić information content (AvgIpc) is 3.19. The van der Waals surface area contributed by atoms with E-state index in [0.29, 0.717) is 16.3 Å². The molecular formula is C23H20N4O2S. The molecule has 2 heterocycles. The van der Waals surface area contributed by atoms with Gasteiger partial charge in [-0.3, -0.25) is 14.2 Å². The van der Waals surface area contributed by atoms with Gasteiger partial charge in [-0.1, -0.05) is 36.4 Å². The standard InChI is InChI=1S/C23H20N4O2S/c1-15-8-16(2)10-18(9-15)25-21(28)12-27-14-24-11-19(23(27)29)22-26-20(13-30-22)17-6-4-3-5-7-17/h3-11,13-14H,12H2,1-2H3,(H,25,28). The van der Waals surface area contributed by atoms with Gasteiger partial charge in [0.15, 0.2) is 0 Å². The summed E-state index contributed by atoms with van der Waals surface area (Å²) in [5.41, 5.74) is 4.70. The Kier molecular flexibility index (Phi) is 5.54. The molecule has 1 amide bonds. The van der Waals surface area contributed by atoms with Crippen molar-refractivity contribution in [1.29, 1.82) is 0 Å². The number of nitrogens with zero attached hydrogens (tertiary/aromatic N) is 3. The second-order valence-electron chi connectivity index (χ2n) is 7.07. The van der Waals surface area contributed by atoms with Crippen molar-refractivity contribution in [2.45, 2.75) is 20.4 Å². The van der Waals surface area contributed by atoms with E-state index < -0.39 is 0 Å². The molecule has 150 valence electrons. The Labute approximate surface area is 177 Å². The summed E-state index contributed by atoms with van der Waals surface area (Å²) in [5.74, 6) is -0.287. The predicted octanol–water partition coefficient (Wildman–Crippen LogP) is 4.29. The zero-order valence-corrected chi connectivity index (χ0v) is 17.4. The van der Waals surface area contributed by atoms with Crippen LogP contribution in [0.5, 0.6) is 0 Å². The van der Waals surface area contributed by atoms with Crippen LogP contribution in [-0.2, 0) is 11.3 Å². The molecule has 30 heavy (non-hydrogen) atoms. The second-order valence-corrected chi connectivity index (χ2v) is 7.93. The van der Waals surface area contributed by atoms with E-state index in [2.05, 4.69) is 15.3 Å². The first-order valence-electron chi connectivity index (χ1n) is 9.43. The summed E-state index contributed by atoms with van der Waals surface area (Å²) in [6.45, 7) is 3.82. The number of amides is 1. The van der Waals surface area contributed by atoms with Crippen molar-refractivity contribution in [2.75, 3.05) is 5.32 Å². The van der Waals surface area contributed by atoms with Crippen molar-refractivity contribution in [1.82, 2.24) is 14.5 Å². The van der Waals surface area contributed by atoms with Crippen LogP contribution < -0.4 is 10.9 Å². The molecule has 0 unspecified atom stereocenters. The van der Waals surface area contributed by atoms with Crippen LogP contribution in [0.4, 0.5) is 5.69 Å².